The normalized spacial score (nSPS) is 18.0. The fourth-order valence-corrected chi connectivity index (χ4v) is 3.71. The van der Waals surface area contributed by atoms with Gasteiger partial charge in [0, 0.05) is 13.1 Å². The van der Waals surface area contributed by atoms with E-state index in [1.807, 2.05) is 18.7 Å². The van der Waals surface area contributed by atoms with Crippen LogP contribution < -0.4 is 15.0 Å². The summed E-state index contributed by atoms with van der Waals surface area (Å²) in [6, 6.07) is 3.33. The summed E-state index contributed by atoms with van der Waals surface area (Å²) in [7, 11) is 0. The van der Waals surface area contributed by atoms with Crippen LogP contribution in [0.1, 0.15) is 66.1 Å². The lowest BCUT2D eigenvalue weighted by atomic mass is 9.92. The molecule has 1 amide bonds. The first kappa shape index (κ1) is 20.5. The Kier molecular flexibility index (Phi) is 6.81. The number of carbonyl (C=O) groups is 2. The van der Waals surface area contributed by atoms with Crippen LogP contribution in [0.15, 0.2) is 12.1 Å². The largest absolute Gasteiger partial charge is 0.476 e. The van der Waals surface area contributed by atoms with Crippen molar-refractivity contribution in [1.29, 1.82) is 0 Å². The molecule has 1 aromatic heterocycles. The predicted octanol–water partition coefficient (Wildman–Crippen LogP) is 3.52. The maximum atomic E-state index is 13.3. The summed E-state index contributed by atoms with van der Waals surface area (Å²) in [6.07, 6.45) is 2.81. The molecular formula is C23H34FN3O4. The highest BCUT2D eigenvalue weighted by Gasteiger charge is 2.39. The molecule has 1 aliphatic carbocycles. The zero-order valence-electron chi connectivity index (χ0n) is 20.6. The minimum absolute atomic E-state index is 0.0939. The number of anilines is 1. The SMILES string of the molecule is [2H]C([2H])(F)CC1CN(c2ccc(C(=O)NC(CC)(CC)C(=O)OCC)nc2OCC2CC2)C1. The lowest BCUT2D eigenvalue weighted by Crippen LogP contribution is -2.54. The molecule has 1 N–H and O–H groups in total. The maximum absolute atomic E-state index is 13.3. The molecule has 0 aromatic carbocycles. The number of aromatic nitrogens is 1. The second kappa shape index (κ2) is 10.3. The Balaban J connectivity index is 1.76. The van der Waals surface area contributed by atoms with Crippen molar-refractivity contribution in [1.82, 2.24) is 10.3 Å². The van der Waals surface area contributed by atoms with Gasteiger partial charge < -0.3 is 19.7 Å². The molecule has 8 heteroatoms. The first-order chi connectivity index (χ1) is 15.6. The second-order valence-electron chi connectivity index (χ2n) is 8.35. The van der Waals surface area contributed by atoms with Crippen molar-refractivity contribution in [3.05, 3.63) is 17.8 Å². The second-order valence-corrected chi connectivity index (χ2v) is 8.35. The Hall–Kier alpha value is -2.38. The number of pyridine rings is 1. The molecular weight excluding hydrogens is 401 g/mol. The quantitative estimate of drug-likeness (QED) is 0.504. The van der Waals surface area contributed by atoms with Gasteiger partial charge in [0.1, 0.15) is 11.2 Å². The van der Waals surface area contributed by atoms with Gasteiger partial charge >= 0.3 is 5.97 Å². The standard InChI is InChI=1S/C23H34FN3O4/c1-4-23(5-2,22(29)30-6-3)26-20(28)18-9-10-19(27-13-17(14-27)11-12-24)21(25-18)31-15-16-7-8-16/h9-10,16-17H,4-8,11-15H2,1-3H3,(H,26,28)/i12D2. The first-order valence-electron chi connectivity index (χ1n) is 12.2. The molecule has 172 valence electrons. The van der Waals surface area contributed by atoms with Crippen molar-refractivity contribution in [2.45, 2.75) is 58.4 Å². The number of hydrogen-bond acceptors (Lipinski definition) is 6. The number of alkyl halides is 1. The molecule has 0 unspecified atom stereocenters. The van der Waals surface area contributed by atoms with Gasteiger partial charge in [-0.05, 0) is 63.0 Å². The molecule has 1 saturated carbocycles. The number of carbonyl (C=O) groups excluding carboxylic acids is 2. The Morgan fingerprint density at radius 3 is 2.55 bits per heavy atom. The minimum Gasteiger partial charge on any atom is -0.476 e. The summed E-state index contributed by atoms with van der Waals surface area (Å²) in [5, 5.41) is 2.82. The highest BCUT2D eigenvalue weighted by Crippen LogP contribution is 2.35. The van der Waals surface area contributed by atoms with Crippen LogP contribution in [0.4, 0.5) is 10.1 Å². The van der Waals surface area contributed by atoms with Crippen LogP contribution >= 0.6 is 0 Å². The molecule has 0 radical (unpaired) electrons. The Labute approximate surface area is 186 Å². The van der Waals surface area contributed by atoms with Crippen LogP contribution in [0.5, 0.6) is 5.88 Å². The first-order valence-corrected chi connectivity index (χ1v) is 11.2. The molecule has 0 bridgehead atoms. The summed E-state index contributed by atoms with van der Waals surface area (Å²) in [6.45, 7) is 4.40. The van der Waals surface area contributed by atoms with Crippen LogP contribution in [0, 0.1) is 11.8 Å². The summed E-state index contributed by atoms with van der Waals surface area (Å²) in [5.41, 5.74) is -0.291. The third kappa shape index (κ3) is 5.46. The smallest absolute Gasteiger partial charge is 0.331 e. The Bertz CT molecular complexity index is 851. The van der Waals surface area contributed by atoms with Gasteiger partial charge in [-0.3, -0.25) is 9.18 Å². The third-order valence-electron chi connectivity index (χ3n) is 6.12. The van der Waals surface area contributed by atoms with Gasteiger partial charge in [-0.1, -0.05) is 13.8 Å². The Morgan fingerprint density at radius 1 is 1.26 bits per heavy atom. The van der Waals surface area contributed by atoms with E-state index in [0.717, 1.165) is 12.8 Å². The average molecular weight is 438 g/mol. The average Bonchev–Trinajstić information content (AvgIpc) is 3.57. The summed E-state index contributed by atoms with van der Waals surface area (Å²) in [4.78, 5) is 32.0. The summed E-state index contributed by atoms with van der Waals surface area (Å²) >= 11 is 0. The van der Waals surface area contributed by atoms with Crippen LogP contribution in [0.2, 0.25) is 0 Å². The number of rotatable bonds is 12. The van der Waals surface area contributed by atoms with E-state index in [1.165, 1.54) is 0 Å². The molecule has 2 heterocycles. The topological polar surface area (TPSA) is 80.8 Å². The molecule has 2 fully saturated rings. The highest BCUT2D eigenvalue weighted by molar-refractivity contribution is 5.97. The monoisotopic (exact) mass is 437 g/mol. The van der Waals surface area contributed by atoms with Gasteiger partial charge in [-0.15, -0.1) is 0 Å². The van der Waals surface area contributed by atoms with E-state index in [1.54, 1.807) is 19.1 Å². The minimum atomic E-state index is -2.69. The van der Waals surface area contributed by atoms with Crippen LogP contribution in [-0.4, -0.2) is 55.3 Å². The molecule has 3 rings (SSSR count). The van der Waals surface area contributed by atoms with Gasteiger partial charge in [-0.2, -0.15) is 0 Å². The number of amides is 1. The van der Waals surface area contributed by atoms with Crippen molar-refractivity contribution in [2.75, 3.05) is 37.8 Å². The van der Waals surface area contributed by atoms with Crippen LogP contribution in [0.25, 0.3) is 0 Å². The molecule has 7 nitrogen and oxygen atoms in total. The molecule has 1 saturated heterocycles. The van der Waals surface area contributed by atoms with Crippen molar-refractivity contribution in [3.8, 4) is 5.88 Å². The lowest BCUT2D eigenvalue weighted by Gasteiger charge is -2.41. The van der Waals surface area contributed by atoms with Gasteiger partial charge in [0.2, 0.25) is 5.88 Å². The van der Waals surface area contributed by atoms with Crippen molar-refractivity contribution < 1.29 is 26.2 Å². The van der Waals surface area contributed by atoms with Gasteiger partial charge in [-0.25, -0.2) is 9.78 Å². The van der Waals surface area contributed by atoms with Gasteiger partial charge in [0.05, 0.1) is 28.3 Å². The molecule has 1 aliphatic heterocycles. The van der Waals surface area contributed by atoms with Crippen molar-refractivity contribution in [2.24, 2.45) is 11.8 Å². The highest BCUT2D eigenvalue weighted by atomic mass is 19.1. The number of ether oxygens (including phenoxy) is 2. The maximum Gasteiger partial charge on any atom is 0.331 e. The van der Waals surface area contributed by atoms with E-state index >= 15 is 0 Å². The van der Waals surface area contributed by atoms with Gasteiger partial charge in [0.15, 0.2) is 0 Å². The molecule has 1 aromatic rings. The molecule has 0 spiro atoms. The van der Waals surface area contributed by atoms with E-state index in [4.69, 9.17) is 12.2 Å². The molecule has 2 aliphatic rings. The van der Waals surface area contributed by atoms with E-state index in [2.05, 4.69) is 10.3 Å². The number of esters is 1. The van der Waals surface area contributed by atoms with E-state index in [9.17, 15) is 14.0 Å². The summed E-state index contributed by atoms with van der Waals surface area (Å²) in [5.74, 6) is -0.238. The fraction of sp³-hybridized carbons (Fsp3) is 0.696. The Morgan fingerprint density at radius 2 is 1.97 bits per heavy atom. The number of hydrogen-bond donors (Lipinski definition) is 1. The number of nitrogens with zero attached hydrogens (tertiary/aromatic N) is 2. The van der Waals surface area contributed by atoms with E-state index < -0.39 is 24.0 Å². The third-order valence-corrected chi connectivity index (χ3v) is 6.12. The molecule has 31 heavy (non-hydrogen) atoms. The van der Waals surface area contributed by atoms with Crippen LogP contribution in [-0.2, 0) is 9.53 Å². The van der Waals surface area contributed by atoms with E-state index in [-0.39, 0.29) is 24.6 Å². The van der Waals surface area contributed by atoms with Crippen molar-refractivity contribution >= 4 is 17.6 Å². The zero-order chi connectivity index (χ0) is 24.2. The fourth-order valence-electron chi connectivity index (χ4n) is 3.71. The van der Waals surface area contributed by atoms with Crippen molar-refractivity contribution in [3.63, 3.8) is 0 Å². The van der Waals surface area contributed by atoms with E-state index in [0.29, 0.717) is 50.0 Å². The number of halogens is 1. The van der Waals surface area contributed by atoms with Crippen LogP contribution in [0.3, 0.4) is 0 Å². The molecule has 0 atom stereocenters. The summed E-state index contributed by atoms with van der Waals surface area (Å²) < 4.78 is 38.7. The lowest BCUT2D eigenvalue weighted by molar-refractivity contribution is -0.151. The predicted molar refractivity (Wildman–Crippen MR) is 116 cm³/mol. The zero-order valence-corrected chi connectivity index (χ0v) is 18.6. The van der Waals surface area contributed by atoms with Gasteiger partial charge in [0.25, 0.3) is 5.91 Å². The number of nitrogens with one attached hydrogen (secondary N) is 1.